The monoisotopic (exact) mass is 259 g/mol. The number of rotatable bonds is 4. The molecule has 0 amide bonds. The maximum atomic E-state index is 13.6. The minimum Gasteiger partial charge on any atom is -0.494 e. The number of halogens is 1. The van der Waals surface area contributed by atoms with E-state index < -0.39 is 0 Å². The van der Waals surface area contributed by atoms with Gasteiger partial charge in [0.05, 0.1) is 7.11 Å². The Morgan fingerprint density at radius 1 is 1.21 bits per heavy atom. The molecule has 2 nitrogen and oxygen atoms in total. The lowest BCUT2D eigenvalue weighted by atomic mass is 9.98. The van der Waals surface area contributed by atoms with Crippen molar-refractivity contribution in [1.82, 2.24) is 0 Å². The quantitative estimate of drug-likeness (QED) is 0.913. The van der Waals surface area contributed by atoms with Crippen LogP contribution in [0.5, 0.6) is 5.75 Å². The third-order valence-electron chi connectivity index (χ3n) is 3.14. The summed E-state index contributed by atoms with van der Waals surface area (Å²) in [4.78, 5) is 0. The molecule has 1 atom stereocenters. The van der Waals surface area contributed by atoms with Gasteiger partial charge in [-0.2, -0.15) is 0 Å². The Bertz CT molecular complexity index is 568. The smallest absolute Gasteiger partial charge is 0.165 e. The van der Waals surface area contributed by atoms with E-state index in [1.807, 2.05) is 31.2 Å². The molecular weight excluding hydrogens is 241 g/mol. The van der Waals surface area contributed by atoms with Crippen LogP contribution in [0.2, 0.25) is 0 Å². The summed E-state index contributed by atoms with van der Waals surface area (Å²) in [5, 5.41) is 0. The molecule has 2 aromatic rings. The number of aryl methyl sites for hydroxylation is 1. The van der Waals surface area contributed by atoms with Crippen LogP contribution < -0.4 is 10.5 Å². The maximum absolute atomic E-state index is 13.6. The highest BCUT2D eigenvalue weighted by Gasteiger charge is 2.10. The second-order valence-electron chi connectivity index (χ2n) is 4.69. The molecule has 0 bridgehead atoms. The molecule has 2 aromatic carbocycles. The number of benzene rings is 2. The van der Waals surface area contributed by atoms with E-state index in [1.54, 1.807) is 6.07 Å². The lowest BCUT2D eigenvalue weighted by Gasteiger charge is -2.13. The van der Waals surface area contributed by atoms with Crippen molar-refractivity contribution in [3.05, 3.63) is 65.0 Å². The summed E-state index contributed by atoms with van der Waals surface area (Å²) in [6.45, 7) is 2.04. The molecule has 0 aliphatic rings. The standard InChI is InChI=1S/C16H18FNO/c1-11-4-3-5-12(8-11)9-15(18)13-6-7-16(19-2)14(17)10-13/h3-8,10,15H,9,18H2,1-2H3. The highest BCUT2D eigenvalue weighted by molar-refractivity contribution is 5.32. The van der Waals surface area contributed by atoms with E-state index in [0.29, 0.717) is 6.42 Å². The zero-order valence-corrected chi connectivity index (χ0v) is 11.2. The van der Waals surface area contributed by atoms with Crippen molar-refractivity contribution in [3.63, 3.8) is 0 Å². The van der Waals surface area contributed by atoms with Crippen molar-refractivity contribution in [3.8, 4) is 5.75 Å². The Morgan fingerprint density at radius 3 is 2.63 bits per heavy atom. The second kappa shape index (κ2) is 5.85. The van der Waals surface area contributed by atoms with Crippen molar-refractivity contribution in [2.45, 2.75) is 19.4 Å². The number of methoxy groups -OCH3 is 1. The van der Waals surface area contributed by atoms with Crippen molar-refractivity contribution < 1.29 is 9.13 Å². The summed E-state index contributed by atoms with van der Waals surface area (Å²) >= 11 is 0. The van der Waals surface area contributed by atoms with Crippen LogP contribution in [0.3, 0.4) is 0 Å². The fourth-order valence-electron chi connectivity index (χ4n) is 2.12. The molecule has 2 rings (SSSR count). The van der Waals surface area contributed by atoms with E-state index in [-0.39, 0.29) is 17.6 Å². The van der Waals surface area contributed by atoms with E-state index in [2.05, 4.69) is 6.07 Å². The van der Waals surface area contributed by atoms with E-state index in [1.165, 1.54) is 18.7 Å². The van der Waals surface area contributed by atoms with Crippen molar-refractivity contribution in [2.75, 3.05) is 7.11 Å². The predicted octanol–water partition coefficient (Wildman–Crippen LogP) is 3.39. The molecule has 100 valence electrons. The number of ether oxygens (including phenoxy) is 1. The van der Waals surface area contributed by atoms with Crippen molar-refractivity contribution in [2.24, 2.45) is 5.73 Å². The zero-order chi connectivity index (χ0) is 13.8. The van der Waals surface area contributed by atoms with Crippen LogP contribution in [-0.4, -0.2) is 7.11 Å². The molecule has 19 heavy (non-hydrogen) atoms. The van der Waals surface area contributed by atoms with Crippen LogP contribution in [0.25, 0.3) is 0 Å². The first-order chi connectivity index (χ1) is 9.10. The first-order valence-corrected chi connectivity index (χ1v) is 6.24. The minimum atomic E-state index is -0.375. The van der Waals surface area contributed by atoms with Gasteiger partial charge in [0.25, 0.3) is 0 Å². The van der Waals surface area contributed by atoms with Gasteiger partial charge in [0.2, 0.25) is 0 Å². The average Bonchev–Trinajstić information content (AvgIpc) is 2.38. The zero-order valence-electron chi connectivity index (χ0n) is 11.2. The average molecular weight is 259 g/mol. The van der Waals surface area contributed by atoms with Gasteiger partial charge in [0, 0.05) is 6.04 Å². The molecule has 0 aliphatic heterocycles. The molecule has 0 aromatic heterocycles. The Morgan fingerprint density at radius 2 is 2.00 bits per heavy atom. The lowest BCUT2D eigenvalue weighted by molar-refractivity contribution is 0.386. The number of nitrogens with two attached hydrogens (primary N) is 1. The molecule has 2 N–H and O–H groups in total. The maximum Gasteiger partial charge on any atom is 0.165 e. The van der Waals surface area contributed by atoms with Crippen molar-refractivity contribution >= 4 is 0 Å². The molecule has 3 heteroatoms. The Labute approximate surface area is 113 Å². The van der Waals surface area contributed by atoms with Gasteiger partial charge in [-0.05, 0) is 36.6 Å². The summed E-state index contributed by atoms with van der Waals surface area (Å²) in [5.74, 6) is -0.133. The highest BCUT2D eigenvalue weighted by Crippen LogP contribution is 2.23. The Hall–Kier alpha value is -1.87. The van der Waals surface area contributed by atoms with E-state index >= 15 is 0 Å². The lowest BCUT2D eigenvalue weighted by Crippen LogP contribution is -2.13. The largest absolute Gasteiger partial charge is 0.494 e. The minimum absolute atomic E-state index is 0.220. The van der Waals surface area contributed by atoms with Gasteiger partial charge >= 0.3 is 0 Å². The molecular formula is C16H18FNO. The van der Waals surface area contributed by atoms with Crippen LogP contribution in [0, 0.1) is 12.7 Å². The Kier molecular flexibility index (Phi) is 4.17. The molecule has 0 fully saturated rings. The van der Waals surface area contributed by atoms with Gasteiger partial charge in [0.15, 0.2) is 11.6 Å². The van der Waals surface area contributed by atoms with Gasteiger partial charge in [0.1, 0.15) is 0 Å². The van der Waals surface area contributed by atoms with Crippen LogP contribution in [0.1, 0.15) is 22.7 Å². The van der Waals surface area contributed by atoms with Crippen molar-refractivity contribution in [1.29, 1.82) is 0 Å². The fourth-order valence-corrected chi connectivity index (χ4v) is 2.12. The summed E-state index contributed by atoms with van der Waals surface area (Å²) in [7, 11) is 1.45. The van der Waals surface area contributed by atoms with Crippen LogP contribution >= 0.6 is 0 Å². The van der Waals surface area contributed by atoms with Crippen LogP contribution in [-0.2, 0) is 6.42 Å². The topological polar surface area (TPSA) is 35.2 Å². The normalized spacial score (nSPS) is 12.2. The highest BCUT2D eigenvalue weighted by atomic mass is 19.1. The third-order valence-corrected chi connectivity index (χ3v) is 3.14. The van der Waals surface area contributed by atoms with Gasteiger partial charge < -0.3 is 10.5 Å². The van der Waals surface area contributed by atoms with Gasteiger partial charge in [-0.15, -0.1) is 0 Å². The summed E-state index contributed by atoms with van der Waals surface area (Å²) in [6.07, 6.45) is 0.688. The molecule has 0 spiro atoms. The molecule has 0 saturated carbocycles. The number of hydrogen-bond donors (Lipinski definition) is 1. The van der Waals surface area contributed by atoms with E-state index in [0.717, 1.165) is 11.1 Å². The van der Waals surface area contributed by atoms with Gasteiger partial charge in [-0.3, -0.25) is 0 Å². The summed E-state index contributed by atoms with van der Waals surface area (Å²) < 4.78 is 18.5. The number of hydrogen-bond acceptors (Lipinski definition) is 2. The second-order valence-corrected chi connectivity index (χ2v) is 4.69. The third kappa shape index (κ3) is 3.32. The first-order valence-electron chi connectivity index (χ1n) is 6.24. The van der Waals surface area contributed by atoms with E-state index in [4.69, 9.17) is 10.5 Å². The summed E-state index contributed by atoms with van der Waals surface area (Å²) in [5.41, 5.74) is 9.26. The van der Waals surface area contributed by atoms with Crippen LogP contribution in [0.15, 0.2) is 42.5 Å². The molecule has 0 radical (unpaired) electrons. The fraction of sp³-hybridized carbons (Fsp3) is 0.250. The molecule has 0 aliphatic carbocycles. The Balaban J connectivity index is 2.15. The molecule has 1 unspecified atom stereocenters. The van der Waals surface area contributed by atoms with Gasteiger partial charge in [-0.25, -0.2) is 4.39 Å². The SMILES string of the molecule is COc1ccc(C(N)Cc2cccc(C)c2)cc1F. The molecule has 0 saturated heterocycles. The predicted molar refractivity (Wildman–Crippen MR) is 74.8 cm³/mol. The first kappa shape index (κ1) is 13.6. The summed E-state index contributed by atoms with van der Waals surface area (Å²) in [6, 6.07) is 12.8. The van der Waals surface area contributed by atoms with E-state index in [9.17, 15) is 4.39 Å². The van der Waals surface area contributed by atoms with Gasteiger partial charge in [-0.1, -0.05) is 35.9 Å². The van der Waals surface area contributed by atoms with Crippen LogP contribution in [0.4, 0.5) is 4.39 Å². The molecule has 0 heterocycles.